The Kier molecular flexibility index (Phi) is 5.36. The number of carbonyl (C=O) groups excluding carboxylic acids is 1. The van der Waals surface area contributed by atoms with Crippen molar-refractivity contribution in [2.45, 2.75) is 40.0 Å². The van der Waals surface area contributed by atoms with Crippen LogP contribution in [0.25, 0.3) is 0 Å². The van der Waals surface area contributed by atoms with E-state index in [0.29, 0.717) is 12.4 Å². The average Bonchev–Trinajstić information content (AvgIpc) is 2.50. The first-order valence-electron chi connectivity index (χ1n) is 7.72. The number of hydrogen-bond acceptors (Lipinski definition) is 5. The topological polar surface area (TPSA) is 70.1 Å². The number of nitrogens with one attached hydrogen (secondary N) is 2. The van der Waals surface area contributed by atoms with E-state index in [1.165, 1.54) is 6.42 Å². The standard InChI is InChI=1S/C15H25N5O/c1-4-16-14-11(2)15(19-12(3)18-14)17-10-13(21)20-8-6-5-7-9-20/h4-10H2,1-3H3,(H2,16,17,18,19). The van der Waals surface area contributed by atoms with Gasteiger partial charge in [0.15, 0.2) is 0 Å². The van der Waals surface area contributed by atoms with Crippen molar-refractivity contribution < 1.29 is 4.79 Å². The van der Waals surface area contributed by atoms with Gasteiger partial charge >= 0.3 is 0 Å². The van der Waals surface area contributed by atoms with Gasteiger partial charge in [-0.3, -0.25) is 4.79 Å². The zero-order chi connectivity index (χ0) is 15.2. The van der Waals surface area contributed by atoms with E-state index in [0.717, 1.165) is 49.7 Å². The van der Waals surface area contributed by atoms with Gasteiger partial charge in [0.05, 0.1) is 6.54 Å². The van der Waals surface area contributed by atoms with Crippen molar-refractivity contribution in [3.05, 3.63) is 11.4 Å². The van der Waals surface area contributed by atoms with E-state index < -0.39 is 0 Å². The van der Waals surface area contributed by atoms with Crippen molar-refractivity contribution in [3.63, 3.8) is 0 Å². The second kappa shape index (κ2) is 7.24. The number of rotatable bonds is 5. The maximum absolute atomic E-state index is 12.2. The molecular weight excluding hydrogens is 266 g/mol. The molecule has 0 aliphatic carbocycles. The number of aromatic nitrogens is 2. The van der Waals surface area contributed by atoms with Crippen LogP contribution in [0.15, 0.2) is 0 Å². The van der Waals surface area contributed by atoms with Crippen molar-refractivity contribution in [1.29, 1.82) is 0 Å². The predicted molar refractivity (Wildman–Crippen MR) is 84.6 cm³/mol. The quantitative estimate of drug-likeness (QED) is 0.867. The van der Waals surface area contributed by atoms with E-state index in [9.17, 15) is 4.79 Å². The number of anilines is 2. The van der Waals surface area contributed by atoms with E-state index in [2.05, 4.69) is 20.6 Å². The van der Waals surface area contributed by atoms with Crippen LogP contribution in [0.5, 0.6) is 0 Å². The molecule has 1 saturated heterocycles. The summed E-state index contributed by atoms with van der Waals surface area (Å²) in [5.74, 6) is 2.42. The summed E-state index contributed by atoms with van der Waals surface area (Å²) in [5, 5.41) is 6.39. The number of aryl methyl sites for hydroxylation is 1. The van der Waals surface area contributed by atoms with Crippen LogP contribution < -0.4 is 10.6 Å². The summed E-state index contributed by atoms with van der Waals surface area (Å²) >= 11 is 0. The van der Waals surface area contributed by atoms with Gasteiger partial charge in [-0.25, -0.2) is 9.97 Å². The summed E-state index contributed by atoms with van der Waals surface area (Å²) in [6.45, 7) is 8.72. The first-order valence-corrected chi connectivity index (χ1v) is 7.72. The molecule has 0 bridgehead atoms. The maximum atomic E-state index is 12.2. The Morgan fingerprint density at radius 1 is 1.10 bits per heavy atom. The molecule has 0 spiro atoms. The van der Waals surface area contributed by atoms with E-state index in [1.54, 1.807) is 0 Å². The van der Waals surface area contributed by atoms with Gasteiger partial charge < -0.3 is 15.5 Å². The molecule has 6 nitrogen and oxygen atoms in total. The van der Waals surface area contributed by atoms with Crippen LogP contribution in [0.2, 0.25) is 0 Å². The van der Waals surface area contributed by atoms with E-state index >= 15 is 0 Å². The maximum Gasteiger partial charge on any atom is 0.241 e. The van der Waals surface area contributed by atoms with Gasteiger partial charge in [-0.1, -0.05) is 0 Å². The van der Waals surface area contributed by atoms with Crippen molar-refractivity contribution >= 4 is 17.5 Å². The van der Waals surface area contributed by atoms with Crippen LogP contribution in [-0.2, 0) is 4.79 Å². The Morgan fingerprint density at radius 2 is 1.71 bits per heavy atom. The molecule has 0 radical (unpaired) electrons. The Morgan fingerprint density at radius 3 is 2.33 bits per heavy atom. The largest absolute Gasteiger partial charge is 0.370 e. The molecule has 116 valence electrons. The second-order valence-electron chi connectivity index (χ2n) is 5.42. The van der Waals surface area contributed by atoms with Crippen LogP contribution in [0.4, 0.5) is 11.6 Å². The van der Waals surface area contributed by atoms with Crippen LogP contribution in [0.3, 0.4) is 0 Å². The molecule has 1 aromatic heterocycles. The van der Waals surface area contributed by atoms with Crippen molar-refractivity contribution in [1.82, 2.24) is 14.9 Å². The number of hydrogen-bond donors (Lipinski definition) is 2. The summed E-state index contributed by atoms with van der Waals surface area (Å²) in [6, 6.07) is 0. The molecule has 1 aliphatic heterocycles. The van der Waals surface area contributed by atoms with Crippen LogP contribution in [0, 0.1) is 13.8 Å². The Bertz CT molecular complexity index is 497. The lowest BCUT2D eigenvalue weighted by molar-refractivity contribution is -0.130. The van der Waals surface area contributed by atoms with Gasteiger partial charge in [-0.05, 0) is 40.0 Å². The summed E-state index contributed by atoms with van der Waals surface area (Å²) in [7, 11) is 0. The molecule has 21 heavy (non-hydrogen) atoms. The summed E-state index contributed by atoms with van der Waals surface area (Å²) in [4.78, 5) is 22.9. The van der Waals surface area contributed by atoms with Crippen LogP contribution >= 0.6 is 0 Å². The summed E-state index contributed by atoms with van der Waals surface area (Å²) < 4.78 is 0. The van der Waals surface area contributed by atoms with Gasteiger partial charge in [0, 0.05) is 25.2 Å². The first kappa shape index (κ1) is 15.5. The van der Waals surface area contributed by atoms with Crippen molar-refractivity contribution in [2.75, 3.05) is 36.8 Å². The molecule has 1 amide bonds. The molecule has 6 heteroatoms. The third kappa shape index (κ3) is 4.06. The third-order valence-corrected chi connectivity index (χ3v) is 3.72. The Labute approximate surface area is 126 Å². The predicted octanol–water partition coefficient (Wildman–Crippen LogP) is 1.95. The molecule has 0 unspecified atom stereocenters. The second-order valence-corrected chi connectivity index (χ2v) is 5.42. The number of piperidine rings is 1. The van der Waals surface area contributed by atoms with Gasteiger partial charge in [-0.15, -0.1) is 0 Å². The van der Waals surface area contributed by atoms with E-state index in [1.807, 2.05) is 25.7 Å². The molecule has 2 N–H and O–H groups in total. The number of amides is 1. The highest BCUT2D eigenvalue weighted by Crippen LogP contribution is 2.19. The lowest BCUT2D eigenvalue weighted by Crippen LogP contribution is -2.39. The lowest BCUT2D eigenvalue weighted by Gasteiger charge is -2.27. The molecule has 2 heterocycles. The minimum atomic E-state index is 0.148. The number of likely N-dealkylation sites (tertiary alicyclic amines) is 1. The van der Waals surface area contributed by atoms with Gasteiger partial charge in [-0.2, -0.15) is 0 Å². The van der Waals surface area contributed by atoms with Gasteiger partial charge in [0.25, 0.3) is 0 Å². The normalized spacial score (nSPS) is 14.9. The highest BCUT2D eigenvalue weighted by atomic mass is 16.2. The number of carbonyl (C=O) groups is 1. The zero-order valence-electron chi connectivity index (χ0n) is 13.2. The van der Waals surface area contributed by atoms with E-state index in [4.69, 9.17) is 0 Å². The summed E-state index contributed by atoms with van der Waals surface area (Å²) in [6.07, 6.45) is 3.46. The fourth-order valence-corrected chi connectivity index (χ4v) is 2.55. The molecule has 0 saturated carbocycles. The van der Waals surface area contributed by atoms with E-state index in [-0.39, 0.29) is 5.91 Å². The van der Waals surface area contributed by atoms with Crippen LogP contribution in [-0.4, -0.2) is 47.0 Å². The molecule has 1 aromatic rings. The highest BCUT2D eigenvalue weighted by Gasteiger charge is 2.17. The molecule has 1 aliphatic rings. The molecular formula is C15H25N5O. The number of nitrogens with zero attached hydrogens (tertiary/aromatic N) is 3. The van der Waals surface area contributed by atoms with Crippen molar-refractivity contribution in [2.24, 2.45) is 0 Å². The first-order chi connectivity index (χ1) is 10.1. The van der Waals surface area contributed by atoms with Crippen LogP contribution in [0.1, 0.15) is 37.6 Å². The lowest BCUT2D eigenvalue weighted by atomic mass is 10.1. The minimum absolute atomic E-state index is 0.148. The molecule has 2 rings (SSSR count). The smallest absolute Gasteiger partial charge is 0.241 e. The SMILES string of the molecule is CCNc1nc(C)nc(NCC(=O)N2CCCCC2)c1C. The summed E-state index contributed by atoms with van der Waals surface area (Å²) in [5.41, 5.74) is 0.953. The fourth-order valence-electron chi connectivity index (χ4n) is 2.55. The highest BCUT2D eigenvalue weighted by molar-refractivity contribution is 5.81. The zero-order valence-corrected chi connectivity index (χ0v) is 13.2. The van der Waals surface area contributed by atoms with Gasteiger partial charge in [0.1, 0.15) is 17.5 Å². The molecule has 0 atom stereocenters. The molecule has 0 aromatic carbocycles. The van der Waals surface area contributed by atoms with Crippen molar-refractivity contribution in [3.8, 4) is 0 Å². The third-order valence-electron chi connectivity index (χ3n) is 3.72. The Balaban J connectivity index is 2.00. The Hall–Kier alpha value is -1.85. The minimum Gasteiger partial charge on any atom is -0.370 e. The molecule has 1 fully saturated rings. The monoisotopic (exact) mass is 291 g/mol. The van der Waals surface area contributed by atoms with Gasteiger partial charge in [0.2, 0.25) is 5.91 Å². The fraction of sp³-hybridized carbons (Fsp3) is 0.667. The average molecular weight is 291 g/mol.